The lowest BCUT2D eigenvalue weighted by molar-refractivity contribution is 0.0907. The molecule has 0 fully saturated rings. The molecule has 1 heterocycles. The summed E-state index contributed by atoms with van der Waals surface area (Å²) in [6.07, 6.45) is -0.721. The zero-order valence-corrected chi connectivity index (χ0v) is 15.4. The van der Waals surface area contributed by atoms with Crippen LogP contribution in [-0.4, -0.2) is 28.8 Å². The van der Waals surface area contributed by atoms with Crippen LogP contribution in [0.25, 0.3) is 0 Å². The minimum atomic E-state index is -0.814. The summed E-state index contributed by atoms with van der Waals surface area (Å²) in [6.45, 7) is 9.92. The number of rotatable bonds is 6. The Bertz CT molecular complexity index is 699. The summed E-state index contributed by atoms with van der Waals surface area (Å²) < 4.78 is 10.8. The van der Waals surface area contributed by atoms with Gasteiger partial charge in [-0.05, 0) is 31.5 Å². The zero-order valence-electron chi connectivity index (χ0n) is 15.4. The molecule has 0 spiro atoms. The molecule has 0 bridgehead atoms. The monoisotopic (exact) mass is 346 g/mol. The van der Waals surface area contributed by atoms with Crippen LogP contribution >= 0.6 is 0 Å². The molecule has 0 aliphatic rings. The topological polar surface area (TPSA) is 84.6 Å². The Kier molecular flexibility index (Phi) is 5.85. The van der Waals surface area contributed by atoms with Crippen molar-refractivity contribution in [1.29, 1.82) is 0 Å². The van der Waals surface area contributed by atoms with Crippen molar-refractivity contribution in [3.63, 3.8) is 0 Å². The fourth-order valence-electron chi connectivity index (χ4n) is 2.17. The normalized spacial score (nSPS) is 12.9. The van der Waals surface area contributed by atoms with Crippen molar-refractivity contribution < 1.29 is 19.2 Å². The highest BCUT2D eigenvalue weighted by atomic mass is 16.5. The van der Waals surface area contributed by atoms with Gasteiger partial charge in [0.2, 0.25) is 0 Å². The number of benzene rings is 1. The zero-order chi connectivity index (χ0) is 18.6. The standard InChI is InChI=1S/C19H26N2O4/c1-12(2)24-14-8-6-13(7-9-14)16(22)11-20-18(23)15-10-17(25-21-15)19(3,4)5/h6-10,12,16,22H,11H2,1-5H3,(H,20,23). The lowest BCUT2D eigenvalue weighted by Gasteiger charge is -2.14. The third-order valence-corrected chi connectivity index (χ3v) is 3.57. The predicted octanol–water partition coefficient (Wildman–Crippen LogP) is 3.22. The molecule has 2 aromatic rings. The molecule has 1 atom stereocenters. The van der Waals surface area contributed by atoms with Gasteiger partial charge in [-0.2, -0.15) is 0 Å². The molecule has 0 aliphatic heterocycles. The van der Waals surface area contributed by atoms with E-state index in [0.29, 0.717) is 11.3 Å². The SMILES string of the molecule is CC(C)Oc1ccc(C(O)CNC(=O)c2cc(C(C)(C)C)on2)cc1. The highest BCUT2D eigenvalue weighted by Crippen LogP contribution is 2.23. The Morgan fingerprint density at radius 1 is 1.28 bits per heavy atom. The molecular weight excluding hydrogens is 320 g/mol. The fourth-order valence-corrected chi connectivity index (χ4v) is 2.17. The van der Waals surface area contributed by atoms with Gasteiger partial charge in [0.15, 0.2) is 5.69 Å². The lowest BCUT2D eigenvalue weighted by Crippen LogP contribution is -2.28. The van der Waals surface area contributed by atoms with E-state index in [1.807, 2.05) is 34.6 Å². The summed E-state index contributed by atoms with van der Waals surface area (Å²) in [7, 11) is 0. The first-order chi connectivity index (χ1) is 11.7. The molecule has 0 saturated carbocycles. The van der Waals surface area contributed by atoms with Crippen LogP contribution in [0.1, 0.15) is 62.5 Å². The Balaban J connectivity index is 1.91. The molecule has 136 valence electrons. The van der Waals surface area contributed by atoms with Crippen LogP contribution in [0.4, 0.5) is 0 Å². The molecule has 0 radical (unpaired) electrons. The number of aliphatic hydroxyl groups excluding tert-OH is 1. The summed E-state index contributed by atoms with van der Waals surface area (Å²) in [5.74, 6) is 1.00. The molecular formula is C19H26N2O4. The van der Waals surface area contributed by atoms with Crippen molar-refractivity contribution in [3.8, 4) is 5.75 Å². The minimum Gasteiger partial charge on any atom is -0.491 e. The van der Waals surface area contributed by atoms with Gasteiger partial charge < -0.3 is 19.7 Å². The van der Waals surface area contributed by atoms with Crippen LogP contribution < -0.4 is 10.1 Å². The number of amides is 1. The van der Waals surface area contributed by atoms with Gasteiger partial charge in [-0.25, -0.2) is 0 Å². The van der Waals surface area contributed by atoms with E-state index in [9.17, 15) is 9.90 Å². The molecule has 2 rings (SSSR count). The van der Waals surface area contributed by atoms with Crippen molar-refractivity contribution in [2.75, 3.05) is 6.54 Å². The van der Waals surface area contributed by atoms with Crippen molar-refractivity contribution in [2.45, 2.75) is 52.2 Å². The van der Waals surface area contributed by atoms with Crippen LogP contribution in [0.2, 0.25) is 0 Å². The summed E-state index contributed by atoms with van der Waals surface area (Å²) in [4.78, 5) is 12.1. The molecule has 2 N–H and O–H groups in total. The second kappa shape index (κ2) is 7.70. The molecule has 0 aliphatic carbocycles. The Morgan fingerprint density at radius 3 is 2.44 bits per heavy atom. The van der Waals surface area contributed by atoms with Gasteiger partial charge in [-0.3, -0.25) is 4.79 Å². The first-order valence-corrected chi connectivity index (χ1v) is 8.37. The number of aliphatic hydroxyl groups is 1. The number of hydrogen-bond donors (Lipinski definition) is 2. The minimum absolute atomic E-state index is 0.0843. The average Bonchev–Trinajstić information content (AvgIpc) is 3.02. The van der Waals surface area contributed by atoms with E-state index in [2.05, 4.69) is 10.5 Å². The molecule has 25 heavy (non-hydrogen) atoms. The number of nitrogens with zero attached hydrogens (tertiary/aromatic N) is 1. The molecule has 1 aromatic carbocycles. The smallest absolute Gasteiger partial charge is 0.273 e. The van der Waals surface area contributed by atoms with E-state index >= 15 is 0 Å². The lowest BCUT2D eigenvalue weighted by atomic mass is 9.93. The number of carbonyl (C=O) groups is 1. The Hall–Kier alpha value is -2.34. The van der Waals surface area contributed by atoms with E-state index in [0.717, 1.165) is 5.75 Å². The summed E-state index contributed by atoms with van der Waals surface area (Å²) in [5, 5.41) is 16.7. The number of aromatic nitrogens is 1. The number of nitrogens with one attached hydrogen (secondary N) is 1. The molecule has 0 saturated heterocycles. The fraction of sp³-hybridized carbons (Fsp3) is 0.474. The summed E-state index contributed by atoms with van der Waals surface area (Å²) >= 11 is 0. The van der Waals surface area contributed by atoms with Gasteiger partial charge in [-0.15, -0.1) is 0 Å². The predicted molar refractivity (Wildman–Crippen MR) is 94.7 cm³/mol. The second-order valence-electron chi connectivity index (χ2n) is 7.29. The average molecular weight is 346 g/mol. The van der Waals surface area contributed by atoms with Crippen LogP contribution in [0.15, 0.2) is 34.9 Å². The van der Waals surface area contributed by atoms with Crippen molar-refractivity contribution >= 4 is 5.91 Å². The van der Waals surface area contributed by atoms with Crippen molar-refractivity contribution in [1.82, 2.24) is 10.5 Å². The third-order valence-electron chi connectivity index (χ3n) is 3.57. The van der Waals surface area contributed by atoms with Crippen molar-refractivity contribution in [2.24, 2.45) is 0 Å². The van der Waals surface area contributed by atoms with Crippen LogP contribution in [-0.2, 0) is 5.41 Å². The Labute approximate surface area is 148 Å². The van der Waals surface area contributed by atoms with Gasteiger partial charge in [0.1, 0.15) is 11.5 Å². The molecule has 1 amide bonds. The van der Waals surface area contributed by atoms with E-state index < -0.39 is 6.10 Å². The van der Waals surface area contributed by atoms with E-state index in [1.54, 1.807) is 30.3 Å². The van der Waals surface area contributed by atoms with Gasteiger partial charge >= 0.3 is 0 Å². The maximum absolute atomic E-state index is 12.1. The number of carbonyl (C=O) groups excluding carboxylic acids is 1. The van der Waals surface area contributed by atoms with E-state index in [-0.39, 0.29) is 29.7 Å². The maximum atomic E-state index is 12.1. The maximum Gasteiger partial charge on any atom is 0.273 e. The van der Waals surface area contributed by atoms with Gasteiger partial charge in [0.05, 0.1) is 12.2 Å². The summed E-state index contributed by atoms with van der Waals surface area (Å²) in [6, 6.07) is 8.78. The largest absolute Gasteiger partial charge is 0.491 e. The molecule has 6 nitrogen and oxygen atoms in total. The van der Waals surface area contributed by atoms with Gasteiger partial charge in [0.25, 0.3) is 5.91 Å². The quantitative estimate of drug-likeness (QED) is 0.839. The van der Waals surface area contributed by atoms with Crippen molar-refractivity contribution in [3.05, 3.63) is 47.3 Å². The Morgan fingerprint density at radius 2 is 1.92 bits per heavy atom. The van der Waals surface area contributed by atoms with Crippen LogP contribution in [0.3, 0.4) is 0 Å². The second-order valence-corrected chi connectivity index (χ2v) is 7.29. The van der Waals surface area contributed by atoms with Gasteiger partial charge in [-0.1, -0.05) is 38.1 Å². The van der Waals surface area contributed by atoms with Gasteiger partial charge in [0, 0.05) is 18.0 Å². The number of ether oxygens (including phenoxy) is 1. The third kappa shape index (κ3) is 5.32. The molecule has 6 heteroatoms. The summed E-state index contributed by atoms with van der Waals surface area (Å²) in [5.41, 5.74) is 0.690. The van der Waals surface area contributed by atoms with Crippen LogP contribution in [0, 0.1) is 0 Å². The first-order valence-electron chi connectivity index (χ1n) is 8.37. The highest BCUT2D eigenvalue weighted by Gasteiger charge is 2.22. The highest BCUT2D eigenvalue weighted by molar-refractivity contribution is 5.92. The van der Waals surface area contributed by atoms with E-state index in [1.165, 1.54) is 0 Å². The first kappa shape index (κ1) is 19.0. The van der Waals surface area contributed by atoms with E-state index in [4.69, 9.17) is 9.26 Å². The number of hydrogen-bond acceptors (Lipinski definition) is 5. The molecule has 1 unspecified atom stereocenters. The van der Waals surface area contributed by atoms with Crippen LogP contribution in [0.5, 0.6) is 5.75 Å². The molecule has 1 aromatic heterocycles.